The van der Waals surface area contributed by atoms with Crippen LogP contribution >= 0.6 is 0 Å². The first-order chi connectivity index (χ1) is 16.8. The smallest absolute Gasteiger partial charge is 0.199 e. The predicted molar refractivity (Wildman–Crippen MR) is 141 cm³/mol. The molecule has 4 aromatic rings. The summed E-state index contributed by atoms with van der Waals surface area (Å²) in [7, 11) is -7.10. The van der Waals surface area contributed by atoms with Gasteiger partial charge in [0.25, 0.3) is 0 Å². The molecule has 0 N–H and O–H groups in total. The van der Waals surface area contributed by atoms with Gasteiger partial charge in [0, 0.05) is 10.8 Å². The number of hydrogen-bond donors (Lipinski definition) is 0. The van der Waals surface area contributed by atoms with Crippen molar-refractivity contribution in [1.29, 1.82) is 0 Å². The van der Waals surface area contributed by atoms with Crippen molar-refractivity contribution in [1.82, 2.24) is 0 Å². The molecule has 0 bridgehead atoms. The summed E-state index contributed by atoms with van der Waals surface area (Å²) in [6.07, 6.45) is 3.71. The maximum Gasteiger partial charge on any atom is 0.199 e. The van der Waals surface area contributed by atoms with Gasteiger partial charge in [-0.05, 0) is 65.1 Å². The van der Waals surface area contributed by atoms with Crippen molar-refractivity contribution >= 4 is 31.8 Å². The SMILES string of the molecule is O=S(=O)(/C=C/c1ccccc1)c1ccc(Cc2ccc(S(=O)(=O)/C=C/c3ccccc3)cc2)cc1. The molecule has 4 nitrogen and oxygen atoms in total. The number of hydrogen-bond acceptors (Lipinski definition) is 4. The monoisotopic (exact) mass is 500 g/mol. The Morgan fingerprint density at radius 3 is 1.14 bits per heavy atom. The van der Waals surface area contributed by atoms with Crippen molar-refractivity contribution in [2.45, 2.75) is 16.2 Å². The van der Waals surface area contributed by atoms with Gasteiger partial charge in [-0.3, -0.25) is 0 Å². The van der Waals surface area contributed by atoms with Gasteiger partial charge in [0.05, 0.1) is 9.79 Å². The highest BCUT2D eigenvalue weighted by atomic mass is 32.2. The van der Waals surface area contributed by atoms with E-state index in [2.05, 4.69) is 0 Å². The molecular weight excluding hydrogens is 476 g/mol. The zero-order valence-electron chi connectivity index (χ0n) is 18.9. The molecule has 0 saturated carbocycles. The fourth-order valence-corrected chi connectivity index (χ4v) is 5.47. The van der Waals surface area contributed by atoms with Crippen LogP contribution in [0.4, 0.5) is 0 Å². The van der Waals surface area contributed by atoms with E-state index in [1.54, 1.807) is 60.7 Å². The minimum atomic E-state index is -3.55. The second kappa shape index (κ2) is 10.7. The Kier molecular flexibility index (Phi) is 7.44. The van der Waals surface area contributed by atoms with Gasteiger partial charge in [0.2, 0.25) is 0 Å². The quantitative estimate of drug-likeness (QED) is 0.290. The van der Waals surface area contributed by atoms with E-state index >= 15 is 0 Å². The topological polar surface area (TPSA) is 68.3 Å². The lowest BCUT2D eigenvalue weighted by atomic mass is 10.1. The molecule has 0 aliphatic rings. The molecule has 0 aromatic heterocycles. The minimum absolute atomic E-state index is 0.222. The first kappa shape index (κ1) is 24.4. The summed E-state index contributed by atoms with van der Waals surface area (Å²) in [6, 6.07) is 32.0. The Morgan fingerprint density at radius 2 is 0.800 bits per heavy atom. The molecule has 4 aromatic carbocycles. The van der Waals surface area contributed by atoms with Crippen molar-refractivity contribution in [2.24, 2.45) is 0 Å². The summed E-state index contributed by atoms with van der Waals surface area (Å²) in [5.74, 6) is 0. The maximum atomic E-state index is 12.6. The van der Waals surface area contributed by atoms with E-state index in [0.29, 0.717) is 6.42 Å². The van der Waals surface area contributed by atoms with Crippen LogP contribution in [-0.2, 0) is 26.1 Å². The molecule has 6 heteroatoms. The molecule has 176 valence electrons. The van der Waals surface area contributed by atoms with E-state index in [4.69, 9.17) is 0 Å². The molecule has 0 aliphatic carbocycles. The van der Waals surface area contributed by atoms with E-state index < -0.39 is 19.7 Å². The lowest BCUT2D eigenvalue weighted by Crippen LogP contribution is -1.98. The first-order valence-corrected chi connectivity index (χ1v) is 14.1. The van der Waals surface area contributed by atoms with Gasteiger partial charge in [-0.15, -0.1) is 0 Å². The van der Waals surface area contributed by atoms with Crippen LogP contribution in [0.2, 0.25) is 0 Å². The van der Waals surface area contributed by atoms with Crippen LogP contribution in [0.25, 0.3) is 12.2 Å². The fraction of sp³-hybridized carbons (Fsp3) is 0.0345. The van der Waals surface area contributed by atoms with Gasteiger partial charge in [-0.2, -0.15) is 0 Å². The molecule has 0 fully saturated rings. The molecule has 35 heavy (non-hydrogen) atoms. The molecule has 0 unspecified atom stereocenters. The third-order valence-corrected chi connectivity index (χ3v) is 8.24. The summed E-state index contributed by atoms with van der Waals surface area (Å²) in [6.45, 7) is 0. The first-order valence-electron chi connectivity index (χ1n) is 11.0. The second-order valence-corrected chi connectivity index (χ2v) is 11.6. The maximum absolute atomic E-state index is 12.6. The molecular formula is C29H24O4S2. The van der Waals surface area contributed by atoms with Gasteiger partial charge in [-0.25, -0.2) is 16.8 Å². The van der Waals surface area contributed by atoms with Gasteiger partial charge in [0.1, 0.15) is 0 Å². The van der Waals surface area contributed by atoms with Crippen LogP contribution < -0.4 is 0 Å². The summed E-state index contributed by atoms with van der Waals surface area (Å²) in [4.78, 5) is 0.445. The summed E-state index contributed by atoms with van der Waals surface area (Å²) >= 11 is 0. The summed E-state index contributed by atoms with van der Waals surface area (Å²) < 4.78 is 50.4. The number of sulfone groups is 2. The third-order valence-electron chi connectivity index (χ3n) is 5.39. The molecule has 0 amide bonds. The highest BCUT2D eigenvalue weighted by Gasteiger charge is 2.12. The lowest BCUT2D eigenvalue weighted by Gasteiger charge is -2.06. The van der Waals surface area contributed by atoms with E-state index in [9.17, 15) is 16.8 Å². The molecule has 4 rings (SSSR count). The Hall–Kier alpha value is -3.74. The molecule has 0 spiro atoms. The zero-order valence-corrected chi connectivity index (χ0v) is 20.5. The standard InChI is InChI=1S/C29H24O4S2/c30-34(31,21-19-24-7-3-1-4-8-24)28-15-11-26(12-16-28)23-27-13-17-29(18-14-27)35(32,33)22-20-25-9-5-2-6-10-25/h1-22H,23H2/b21-19+,22-20+. The van der Waals surface area contributed by atoms with Crippen molar-refractivity contribution in [3.05, 3.63) is 142 Å². The Labute approximate surface area is 206 Å². The summed E-state index contributed by atoms with van der Waals surface area (Å²) in [5.41, 5.74) is 3.48. The lowest BCUT2D eigenvalue weighted by molar-refractivity contribution is 0.603. The largest absolute Gasteiger partial charge is 0.219 e. The molecule has 0 atom stereocenters. The van der Waals surface area contributed by atoms with Crippen LogP contribution in [-0.4, -0.2) is 16.8 Å². The normalized spacial score (nSPS) is 12.3. The zero-order chi connectivity index (χ0) is 24.7. The fourth-order valence-electron chi connectivity index (χ4n) is 3.45. The van der Waals surface area contributed by atoms with E-state index in [1.165, 1.54) is 10.8 Å². The average Bonchev–Trinajstić information content (AvgIpc) is 2.88. The molecule has 0 aliphatic heterocycles. The molecule has 0 saturated heterocycles. The minimum Gasteiger partial charge on any atom is -0.219 e. The van der Waals surface area contributed by atoms with Gasteiger partial charge < -0.3 is 0 Å². The van der Waals surface area contributed by atoms with Gasteiger partial charge in [0.15, 0.2) is 19.7 Å². The highest BCUT2D eigenvalue weighted by Crippen LogP contribution is 2.19. The van der Waals surface area contributed by atoms with Crippen LogP contribution in [0, 0.1) is 0 Å². The van der Waals surface area contributed by atoms with Crippen molar-refractivity contribution < 1.29 is 16.8 Å². The Balaban J connectivity index is 1.42. The van der Waals surface area contributed by atoms with Crippen LogP contribution in [0.1, 0.15) is 22.3 Å². The van der Waals surface area contributed by atoms with Crippen molar-refractivity contribution in [2.75, 3.05) is 0 Å². The number of rotatable bonds is 8. The highest BCUT2D eigenvalue weighted by molar-refractivity contribution is 7.94. The van der Waals surface area contributed by atoms with E-state index in [0.717, 1.165) is 22.3 Å². The summed E-state index contributed by atoms with van der Waals surface area (Å²) in [5, 5.41) is 2.42. The van der Waals surface area contributed by atoms with E-state index in [-0.39, 0.29) is 9.79 Å². The average molecular weight is 501 g/mol. The van der Waals surface area contributed by atoms with Crippen molar-refractivity contribution in [3.63, 3.8) is 0 Å². The Morgan fingerprint density at radius 1 is 0.457 bits per heavy atom. The second-order valence-electron chi connectivity index (χ2n) is 7.98. The third kappa shape index (κ3) is 6.66. The molecule has 0 radical (unpaired) electrons. The Bertz CT molecular complexity index is 1410. The van der Waals surface area contributed by atoms with Crippen LogP contribution in [0.5, 0.6) is 0 Å². The van der Waals surface area contributed by atoms with Crippen LogP contribution in [0.3, 0.4) is 0 Å². The van der Waals surface area contributed by atoms with Crippen molar-refractivity contribution in [3.8, 4) is 0 Å². The predicted octanol–water partition coefficient (Wildman–Crippen LogP) is 6.17. The van der Waals surface area contributed by atoms with Crippen LogP contribution in [0.15, 0.2) is 130 Å². The van der Waals surface area contributed by atoms with E-state index in [1.807, 2.05) is 60.7 Å². The number of benzene rings is 4. The van der Waals surface area contributed by atoms with Gasteiger partial charge in [-0.1, -0.05) is 84.9 Å². The molecule has 0 heterocycles. The van der Waals surface area contributed by atoms with Gasteiger partial charge >= 0.3 is 0 Å².